The second-order valence-corrected chi connectivity index (χ2v) is 6.86. The van der Waals surface area contributed by atoms with Gasteiger partial charge in [-0.05, 0) is 41.3 Å². The minimum atomic E-state index is -1.01. The number of carbonyl (C=O) groups is 1. The Morgan fingerprint density at radius 3 is 2.14 bits per heavy atom. The van der Waals surface area contributed by atoms with Gasteiger partial charge in [-0.1, -0.05) is 68.4 Å². The van der Waals surface area contributed by atoms with Crippen molar-refractivity contribution in [3.8, 4) is 17.2 Å². The second-order valence-electron chi connectivity index (χ2n) is 6.86. The van der Waals surface area contributed by atoms with Crippen LogP contribution in [0.15, 0.2) is 78.9 Å². The minimum Gasteiger partial charge on any atom is -0.478 e. The summed E-state index contributed by atoms with van der Waals surface area (Å²) in [7, 11) is 0. The first-order chi connectivity index (χ1) is 13.5. The maximum atomic E-state index is 11.9. The molecule has 28 heavy (non-hydrogen) atoms. The Kier molecular flexibility index (Phi) is 6.33. The van der Waals surface area contributed by atoms with Crippen molar-refractivity contribution in [2.24, 2.45) is 0 Å². The van der Waals surface area contributed by atoms with Gasteiger partial charge in [0.25, 0.3) is 0 Å². The van der Waals surface area contributed by atoms with Crippen molar-refractivity contribution in [2.45, 2.75) is 32.3 Å². The molecule has 0 saturated heterocycles. The van der Waals surface area contributed by atoms with Crippen LogP contribution in [0.25, 0.3) is 0 Å². The monoisotopic (exact) mass is 376 g/mol. The second kappa shape index (κ2) is 9.09. The van der Waals surface area contributed by atoms with Crippen LogP contribution in [0.3, 0.4) is 0 Å². The standard InChI is InChI=1S/C24H24O4/c1-17(2)20-13-7-9-15-22(20)28-23(24(25)26)16-18-10-6-8-14-21(18)27-19-11-4-3-5-12-19/h3-15,17,23H,16H2,1-2H3,(H,25,26)/t23-/m1/s1. The van der Waals surface area contributed by atoms with Crippen molar-refractivity contribution in [3.05, 3.63) is 90.0 Å². The smallest absolute Gasteiger partial charge is 0.345 e. The maximum Gasteiger partial charge on any atom is 0.345 e. The number of ether oxygens (including phenoxy) is 2. The van der Waals surface area contributed by atoms with Crippen LogP contribution in [0.5, 0.6) is 17.2 Å². The van der Waals surface area contributed by atoms with E-state index in [9.17, 15) is 9.90 Å². The van der Waals surface area contributed by atoms with Crippen molar-refractivity contribution in [3.63, 3.8) is 0 Å². The van der Waals surface area contributed by atoms with E-state index in [-0.39, 0.29) is 12.3 Å². The van der Waals surface area contributed by atoms with Gasteiger partial charge in [-0.3, -0.25) is 0 Å². The molecule has 1 atom stereocenters. The average molecular weight is 376 g/mol. The summed E-state index contributed by atoms with van der Waals surface area (Å²) in [4.78, 5) is 11.9. The lowest BCUT2D eigenvalue weighted by atomic mass is 10.0. The molecule has 0 unspecified atom stereocenters. The number of aliphatic carboxylic acids is 1. The van der Waals surface area contributed by atoms with E-state index in [1.54, 1.807) is 0 Å². The highest BCUT2D eigenvalue weighted by Gasteiger charge is 2.23. The van der Waals surface area contributed by atoms with Crippen molar-refractivity contribution in [2.75, 3.05) is 0 Å². The van der Waals surface area contributed by atoms with Crippen LogP contribution in [0, 0.1) is 0 Å². The molecule has 0 radical (unpaired) electrons. The van der Waals surface area contributed by atoms with Gasteiger partial charge < -0.3 is 14.6 Å². The molecule has 3 aromatic carbocycles. The number of rotatable bonds is 8. The molecule has 0 spiro atoms. The molecule has 0 fully saturated rings. The van der Waals surface area contributed by atoms with Crippen LogP contribution >= 0.6 is 0 Å². The summed E-state index contributed by atoms with van der Waals surface area (Å²) < 4.78 is 11.9. The third kappa shape index (κ3) is 4.92. The van der Waals surface area contributed by atoms with Crippen molar-refractivity contribution in [1.82, 2.24) is 0 Å². The number of para-hydroxylation sites is 3. The van der Waals surface area contributed by atoms with E-state index in [4.69, 9.17) is 9.47 Å². The number of carboxylic acids is 1. The fraction of sp³-hybridized carbons (Fsp3) is 0.208. The zero-order chi connectivity index (χ0) is 19.9. The number of hydrogen-bond acceptors (Lipinski definition) is 3. The van der Waals surface area contributed by atoms with E-state index in [1.165, 1.54) is 0 Å². The molecule has 0 saturated carbocycles. The number of benzene rings is 3. The highest BCUT2D eigenvalue weighted by Crippen LogP contribution is 2.30. The molecule has 0 aliphatic rings. The lowest BCUT2D eigenvalue weighted by Crippen LogP contribution is -2.30. The zero-order valence-electron chi connectivity index (χ0n) is 16.0. The average Bonchev–Trinajstić information content (AvgIpc) is 2.70. The van der Waals surface area contributed by atoms with E-state index in [1.807, 2.05) is 78.9 Å². The molecule has 0 bridgehead atoms. The summed E-state index contributed by atoms with van der Waals surface area (Å²) in [5.41, 5.74) is 1.77. The fourth-order valence-electron chi connectivity index (χ4n) is 2.98. The van der Waals surface area contributed by atoms with Crippen molar-refractivity contribution in [1.29, 1.82) is 0 Å². The van der Waals surface area contributed by atoms with Crippen LogP contribution in [0.2, 0.25) is 0 Å². The molecule has 0 aromatic heterocycles. The summed E-state index contributed by atoms with van der Waals surface area (Å²) in [6.07, 6.45) is -0.814. The number of hydrogen-bond donors (Lipinski definition) is 1. The lowest BCUT2D eigenvalue weighted by Gasteiger charge is -2.20. The molecule has 4 nitrogen and oxygen atoms in total. The van der Waals surface area contributed by atoms with Gasteiger partial charge in [-0.15, -0.1) is 0 Å². The maximum absolute atomic E-state index is 11.9. The minimum absolute atomic E-state index is 0.199. The summed E-state index contributed by atoms with van der Waals surface area (Å²) in [5, 5.41) is 9.74. The Bertz CT molecular complexity index is 919. The third-order valence-corrected chi connectivity index (χ3v) is 4.43. The topological polar surface area (TPSA) is 55.8 Å². The van der Waals surface area contributed by atoms with Gasteiger partial charge in [0.05, 0.1) is 0 Å². The normalized spacial score (nSPS) is 11.8. The van der Waals surface area contributed by atoms with E-state index in [0.717, 1.165) is 11.1 Å². The van der Waals surface area contributed by atoms with Gasteiger partial charge in [0.15, 0.2) is 6.10 Å². The molecule has 0 aliphatic heterocycles. The summed E-state index contributed by atoms with van der Waals surface area (Å²) in [5.74, 6) is 1.16. The van der Waals surface area contributed by atoms with Gasteiger partial charge in [0.1, 0.15) is 17.2 Å². The highest BCUT2D eigenvalue weighted by molar-refractivity contribution is 5.73. The molecule has 4 heteroatoms. The number of carboxylic acid groups (broad SMARTS) is 1. The van der Waals surface area contributed by atoms with E-state index in [2.05, 4.69) is 13.8 Å². The summed E-state index contributed by atoms with van der Waals surface area (Å²) in [6.45, 7) is 4.11. The Hall–Kier alpha value is -3.27. The summed E-state index contributed by atoms with van der Waals surface area (Å²) >= 11 is 0. The van der Waals surface area contributed by atoms with Crippen LogP contribution < -0.4 is 9.47 Å². The Labute approximate surface area is 165 Å². The van der Waals surface area contributed by atoms with E-state index in [0.29, 0.717) is 17.2 Å². The Morgan fingerprint density at radius 1 is 0.857 bits per heavy atom. The van der Waals surface area contributed by atoms with Gasteiger partial charge >= 0.3 is 5.97 Å². The SMILES string of the molecule is CC(C)c1ccccc1O[C@H](Cc1ccccc1Oc1ccccc1)C(=O)O. The molecule has 0 heterocycles. The highest BCUT2D eigenvalue weighted by atomic mass is 16.5. The van der Waals surface area contributed by atoms with Gasteiger partial charge in [-0.2, -0.15) is 0 Å². The van der Waals surface area contributed by atoms with Crippen LogP contribution in [-0.4, -0.2) is 17.2 Å². The Morgan fingerprint density at radius 2 is 1.46 bits per heavy atom. The van der Waals surface area contributed by atoms with E-state index >= 15 is 0 Å². The van der Waals surface area contributed by atoms with Crippen molar-refractivity contribution >= 4 is 5.97 Å². The Balaban J connectivity index is 1.83. The van der Waals surface area contributed by atoms with Crippen LogP contribution in [-0.2, 0) is 11.2 Å². The van der Waals surface area contributed by atoms with E-state index < -0.39 is 12.1 Å². The molecule has 1 N–H and O–H groups in total. The quantitative estimate of drug-likeness (QED) is 0.550. The fourth-order valence-corrected chi connectivity index (χ4v) is 2.98. The predicted molar refractivity (Wildman–Crippen MR) is 109 cm³/mol. The first kappa shape index (κ1) is 19.5. The molecular formula is C24H24O4. The first-order valence-electron chi connectivity index (χ1n) is 9.34. The molecule has 3 rings (SSSR count). The molecule has 0 amide bonds. The molecular weight excluding hydrogens is 352 g/mol. The van der Waals surface area contributed by atoms with Gasteiger partial charge in [0.2, 0.25) is 0 Å². The van der Waals surface area contributed by atoms with Crippen LogP contribution in [0.4, 0.5) is 0 Å². The van der Waals surface area contributed by atoms with Crippen LogP contribution in [0.1, 0.15) is 30.9 Å². The van der Waals surface area contributed by atoms with Gasteiger partial charge in [0, 0.05) is 6.42 Å². The largest absolute Gasteiger partial charge is 0.478 e. The predicted octanol–water partition coefficient (Wildman–Crippen LogP) is 5.68. The summed E-state index contributed by atoms with van der Waals surface area (Å²) in [6, 6.07) is 24.4. The third-order valence-electron chi connectivity index (χ3n) is 4.43. The van der Waals surface area contributed by atoms with Crippen molar-refractivity contribution < 1.29 is 19.4 Å². The zero-order valence-corrected chi connectivity index (χ0v) is 16.0. The lowest BCUT2D eigenvalue weighted by molar-refractivity contribution is -0.145. The molecule has 0 aliphatic carbocycles. The first-order valence-corrected chi connectivity index (χ1v) is 9.34. The molecule has 144 valence electrons. The van der Waals surface area contributed by atoms with Gasteiger partial charge in [-0.25, -0.2) is 4.79 Å². The molecule has 3 aromatic rings.